The number of rotatable bonds is 5. The van der Waals surface area contributed by atoms with E-state index in [4.69, 9.17) is 19.4 Å². The summed E-state index contributed by atoms with van der Waals surface area (Å²) in [5, 5.41) is 14.7. The predicted molar refractivity (Wildman–Crippen MR) is 171 cm³/mol. The first-order valence-corrected chi connectivity index (χ1v) is 16.9. The van der Waals surface area contributed by atoms with Crippen LogP contribution in [-0.4, -0.2) is 87.5 Å². The third kappa shape index (κ3) is 5.15. The first-order valence-electron chi connectivity index (χ1n) is 16.9. The third-order valence-electron chi connectivity index (χ3n) is 10.9. The van der Waals surface area contributed by atoms with Gasteiger partial charge in [-0.05, 0) is 62.8 Å². The molecule has 2 aromatic heterocycles. The summed E-state index contributed by atoms with van der Waals surface area (Å²) in [5.41, 5.74) is 4.99. The van der Waals surface area contributed by atoms with Crippen LogP contribution in [0.5, 0.6) is 6.01 Å². The summed E-state index contributed by atoms with van der Waals surface area (Å²) in [4.78, 5) is 28.8. The van der Waals surface area contributed by atoms with Gasteiger partial charge in [-0.3, -0.25) is 14.4 Å². The Balaban J connectivity index is 1.17. The minimum Gasteiger partial charge on any atom is -0.461 e. The van der Waals surface area contributed by atoms with Crippen LogP contribution in [0.2, 0.25) is 0 Å². The Bertz CT molecular complexity index is 1770. The third-order valence-corrected chi connectivity index (χ3v) is 10.9. The van der Waals surface area contributed by atoms with Crippen molar-refractivity contribution in [1.29, 1.82) is 5.26 Å². The number of benzene rings is 1. The van der Waals surface area contributed by atoms with Gasteiger partial charge in [0, 0.05) is 57.7 Å². The van der Waals surface area contributed by atoms with Crippen LogP contribution in [0.1, 0.15) is 82.7 Å². The molecule has 1 unspecified atom stereocenters. The Morgan fingerprint density at radius 2 is 2.09 bits per heavy atom. The normalized spacial score (nSPS) is 26.6. The lowest BCUT2D eigenvalue weighted by atomic mass is 9.73. The van der Waals surface area contributed by atoms with Crippen molar-refractivity contribution in [2.45, 2.75) is 88.4 Å². The molecule has 5 aliphatic rings. The second-order valence-electron chi connectivity index (χ2n) is 14.1. The van der Waals surface area contributed by atoms with E-state index in [1.54, 1.807) is 19.0 Å². The number of nitrogens with zero attached hydrogens (tertiary/aromatic N) is 8. The fraction of sp³-hybridized carbons (Fsp3) is 0.571. The van der Waals surface area contributed by atoms with Crippen molar-refractivity contribution in [3.63, 3.8) is 0 Å². The fourth-order valence-electron chi connectivity index (χ4n) is 8.72. The molecule has 2 fully saturated rings. The molecule has 6 heterocycles. The van der Waals surface area contributed by atoms with Crippen molar-refractivity contribution < 1.29 is 18.7 Å². The molecule has 3 aromatic rings. The minimum atomic E-state index is -0.845. The van der Waals surface area contributed by atoms with E-state index >= 15 is 0 Å². The number of halogens is 1. The summed E-state index contributed by atoms with van der Waals surface area (Å²) in [6, 6.07) is 10.5. The molecule has 12 heteroatoms. The summed E-state index contributed by atoms with van der Waals surface area (Å²) in [5.74, 6) is 0.633. The second-order valence-corrected chi connectivity index (χ2v) is 14.1. The first-order chi connectivity index (χ1) is 22.8. The van der Waals surface area contributed by atoms with Gasteiger partial charge in [-0.1, -0.05) is 12.1 Å². The smallest absolute Gasteiger partial charge is 0.318 e. The highest BCUT2D eigenvalue weighted by atomic mass is 19.1. The summed E-state index contributed by atoms with van der Waals surface area (Å²) in [6.07, 6.45) is 5.57. The molecule has 1 spiro atoms. The number of ether oxygens (including phenoxy) is 2. The van der Waals surface area contributed by atoms with Gasteiger partial charge < -0.3 is 19.3 Å². The molecule has 0 radical (unpaired) electrons. The zero-order chi connectivity index (χ0) is 32.3. The summed E-state index contributed by atoms with van der Waals surface area (Å²) < 4.78 is 29.8. The number of aryl methyl sites for hydroxylation is 2. The summed E-state index contributed by atoms with van der Waals surface area (Å²) in [7, 11) is 3.46. The number of hydrogen-bond donors (Lipinski definition) is 0. The van der Waals surface area contributed by atoms with Gasteiger partial charge >= 0.3 is 6.01 Å². The van der Waals surface area contributed by atoms with E-state index < -0.39 is 11.8 Å². The largest absolute Gasteiger partial charge is 0.461 e. The summed E-state index contributed by atoms with van der Waals surface area (Å²) in [6.45, 7) is 3.95. The van der Waals surface area contributed by atoms with Gasteiger partial charge in [0.15, 0.2) is 5.69 Å². The monoisotopic (exact) mass is 640 g/mol. The van der Waals surface area contributed by atoms with E-state index in [1.807, 2.05) is 22.9 Å². The van der Waals surface area contributed by atoms with Crippen molar-refractivity contribution in [3.05, 3.63) is 63.6 Å². The zero-order valence-electron chi connectivity index (χ0n) is 27.2. The van der Waals surface area contributed by atoms with Crippen LogP contribution in [0.25, 0.3) is 0 Å². The Morgan fingerprint density at radius 3 is 2.94 bits per heavy atom. The molecule has 47 heavy (non-hydrogen) atoms. The molecular formula is C35H41FN8O3. The Labute approximate surface area is 274 Å². The highest BCUT2D eigenvalue weighted by molar-refractivity contribution is 5.92. The molecule has 0 N–H and O–H groups in total. The topological polar surface area (TPSA) is 113 Å². The van der Waals surface area contributed by atoms with Crippen molar-refractivity contribution >= 4 is 11.7 Å². The van der Waals surface area contributed by atoms with Gasteiger partial charge in [-0.25, -0.2) is 4.39 Å². The van der Waals surface area contributed by atoms with E-state index in [9.17, 15) is 14.4 Å². The second kappa shape index (κ2) is 11.6. The van der Waals surface area contributed by atoms with E-state index in [0.717, 1.165) is 85.5 Å². The standard InChI is InChI=1S/C35H41FN8O3/c1-41(2)32(45)28-15-26-20-42(12-6-14-44(26)40-28)31-27-21-47-35(11-4-9-23-7-3-8-24(18-37)30(23)35)17-29(27)38-33(39-31)46-22-34-10-5-13-43(34)19-25(36)16-34/h3,7-8,15,25H,4-6,9-14,16-17,19-22H2,1-2H3/t25-,34+,35?/m1/s1. The van der Waals surface area contributed by atoms with E-state index in [1.165, 1.54) is 0 Å². The maximum atomic E-state index is 14.6. The van der Waals surface area contributed by atoms with Crippen molar-refractivity contribution in [2.24, 2.45) is 0 Å². The lowest BCUT2D eigenvalue weighted by Crippen LogP contribution is -2.44. The molecule has 0 bridgehead atoms. The van der Waals surface area contributed by atoms with Gasteiger partial charge in [-0.15, -0.1) is 0 Å². The predicted octanol–water partition coefficient (Wildman–Crippen LogP) is 3.92. The number of alkyl halides is 1. The van der Waals surface area contributed by atoms with Gasteiger partial charge in [0.05, 0.1) is 41.7 Å². The molecule has 1 aromatic carbocycles. The number of hydrogen-bond acceptors (Lipinski definition) is 9. The fourth-order valence-corrected chi connectivity index (χ4v) is 8.72. The van der Waals surface area contributed by atoms with Gasteiger partial charge in [0.2, 0.25) is 0 Å². The van der Waals surface area contributed by atoms with Gasteiger partial charge in [-0.2, -0.15) is 20.3 Å². The minimum absolute atomic E-state index is 0.127. The number of amides is 1. The van der Waals surface area contributed by atoms with E-state index in [0.29, 0.717) is 63.0 Å². The molecular weight excluding hydrogens is 599 g/mol. The highest BCUT2D eigenvalue weighted by Gasteiger charge is 2.50. The number of aromatic nitrogens is 4. The quantitative estimate of drug-likeness (QED) is 0.410. The number of anilines is 1. The van der Waals surface area contributed by atoms with Crippen LogP contribution < -0.4 is 9.64 Å². The number of nitriles is 1. The number of fused-ring (bicyclic) bond motifs is 5. The molecule has 4 aliphatic heterocycles. The van der Waals surface area contributed by atoms with Crippen LogP contribution in [0.15, 0.2) is 24.3 Å². The van der Waals surface area contributed by atoms with Crippen LogP contribution in [-0.2, 0) is 42.9 Å². The molecule has 0 saturated carbocycles. The maximum Gasteiger partial charge on any atom is 0.318 e. The van der Waals surface area contributed by atoms with Gasteiger partial charge in [0.25, 0.3) is 5.91 Å². The lowest BCUT2D eigenvalue weighted by Gasteiger charge is -2.43. The van der Waals surface area contributed by atoms with Crippen LogP contribution in [0, 0.1) is 11.3 Å². The van der Waals surface area contributed by atoms with E-state index in [2.05, 4.69) is 27.0 Å². The van der Waals surface area contributed by atoms with Crippen LogP contribution >= 0.6 is 0 Å². The zero-order valence-corrected chi connectivity index (χ0v) is 27.2. The Kier molecular flexibility index (Phi) is 7.44. The maximum absolute atomic E-state index is 14.6. The molecule has 3 atom stereocenters. The van der Waals surface area contributed by atoms with Crippen LogP contribution in [0.4, 0.5) is 10.2 Å². The molecule has 1 amide bonds. The molecule has 2 saturated heterocycles. The lowest BCUT2D eigenvalue weighted by molar-refractivity contribution is -0.0857. The molecule has 246 valence electrons. The SMILES string of the molecule is CN(C)C(=O)c1cc2n(n1)CCCN(c1nc(OC[C@@]34CCCN3C[C@H](F)C4)nc3c1COC1(CCCc4cccc(C#N)c41)C3)C2. The average molecular weight is 641 g/mol. The molecule has 11 nitrogen and oxygen atoms in total. The summed E-state index contributed by atoms with van der Waals surface area (Å²) >= 11 is 0. The Hall–Kier alpha value is -4.08. The molecule has 1 aliphatic carbocycles. The number of carbonyl (C=O) groups excluding carboxylic acids is 1. The Morgan fingerprint density at radius 1 is 1.19 bits per heavy atom. The number of carbonyl (C=O) groups is 1. The van der Waals surface area contributed by atoms with Crippen molar-refractivity contribution in [2.75, 3.05) is 45.2 Å². The average Bonchev–Trinajstić information content (AvgIpc) is 3.69. The van der Waals surface area contributed by atoms with E-state index in [-0.39, 0.29) is 11.4 Å². The van der Waals surface area contributed by atoms with Gasteiger partial charge in [0.1, 0.15) is 24.2 Å². The highest BCUT2D eigenvalue weighted by Crippen LogP contribution is 2.47. The first kappa shape index (κ1) is 30.3. The molecule has 8 rings (SSSR count). The van der Waals surface area contributed by atoms with Crippen molar-refractivity contribution in [1.82, 2.24) is 29.5 Å². The van der Waals surface area contributed by atoms with Crippen molar-refractivity contribution in [3.8, 4) is 12.1 Å². The van der Waals surface area contributed by atoms with Crippen LogP contribution in [0.3, 0.4) is 0 Å².